The lowest BCUT2D eigenvalue weighted by Gasteiger charge is -2.25. The van der Waals surface area contributed by atoms with E-state index in [0.717, 1.165) is 5.69 Å². The molecule has 0 atom stereocenters. The van der Waals surface area contributed by atoms with Crippen molar-refractivity contribution in [3.8, 4) is 0 Å². The molecule has 1 aromatic rings. The molecule has 0 saturated heterocycles. The van der Waals surface area contributed by atoms with E-state index in [1.165, 1.54) is 0 Å². The van der Waals surface area contributed by atoms with E-state index in [4.69, 9.17) is 4.74 Å². The van der Waals surface area contributed by atoms with Crippen molar-refractivity contribution in [3.05, 3.63) is 24.3 Å². The Morgan fingerprint density at radius 1 is 1.35 bits per heavy atom. The fraction of sp³-hybridized carbons (Fsp3) is 0.467. The number of rotatable bonds is 2. The fourth-order valence-corrected chi connectivity index (χ4v) is 2.06. The molecular weight excluding hydrogens is 256 g/mol. The molecule has 0 aliphatic carbocycles. The predicted octanol–water partition coefficient (Wildman–Crippen LogP) is 2.00. The molecule has 107 valence electrons. The van der Waals surface area contributed by atoms with Gasteiger partial charge in [0.15, 0.2) is 0 Å². The normalized spacial score (nSPS) is 15.2. The third kappa shape index (κ3) is 3.73. The Morgan fingerprint density at radius 2 is 2.05 bits per heavy atom. The molecule has 0 spiro atoms. The first-order chi connectivity index (χ1) is 9.35. The number of hydrogen-bond acceptors (Lipinski definition) is 4. The predicted molar refractivity (Wildman–Crippen MR) is 75.9 cm³/mol. The Morgan fingerprint density at radius 3 is 2.75 bits per heavy atom. The molecule has 0 aromatic heterocycles. The highest BCUT2D eigenvalue weighted by molar-refractivity contribution is 5.88. The molecule has 5 heteroatoms. The summed E-state index contributed by atoms with van der Waals surface area (Å²) in [5.41, 5.74) is 0.894. The van der Waals surface area contributed by atoms with E-state index in [1.54, 1.807) is 6.07 Å². The first kappa shape index (κ1) is 14.4. The van der Waals surface area contributed by atoms with Crippen molar-refractivity contribution in [1.82, 2.24) is 5.32 Å². The van der Waals surface area contributed by atoms with Gasteiger partial charge in [0.05, 0.1) is 11.4 Å². The Hall–Kier alpha value is -2.04. The molecule has 1 aromatic carbocycles. The second-order valence-corrected chi connectivity index (χ2v) is 5.75. The van der Waals surface area contributed by atoms with Crippen LogP contribution in [0, 0.1) is 0 Å². The highest BCUT2D eigenvalue weighted by Gasteiger charge is 2.24. The SMILES string of the molecule is CC(C)(C)OC(=O)CN1CCC(=O)[N]c2ccccc21. The molecule has 1 radical (unpaired) electrons. The van der Waals surface area contributed by atoms with Gasteiger partial charge in [-0.2, -0.15) is 0 Å². The molecule has 20 heavy (non-hydrogen) atoms. The molecule has 0 N–H and O–H groups in total. The molecule has 0 saturated carbocycles. The lowest BCUT2D eigenvalue weighted by molar-refractivity contribution is -0.153. The van der Waals surface area contributed by atoms with Crippen molar-refractivity contribution in [2.75, 3.05) is 18.0 Å². The largest absolute Gasteiger partial charge is 0.459 e. The lowest BCUT2D eigenvalue weighted by atomic mass is 10.2. The number of hydrogen-bond donors (Lipinski definition) is 0. The summed E-state index contributed by atoms with van der Waals surface area (Å²) < 4.78 is 5.33. The molecule has 1 amide bonds. The van der Waals surface area contributed by atoms with E-state index in [1.807, 2.05) is 43.9 Å². The van der Waals surface area contributed by atoms with Crippen LogP contribution in [0.3, 0.4) is 0 Å². The number of fused-ring (bicyclic) bond motifs is 1. The van der Waals surface area contributed by atoms with E-state index in [2.05, 4.69) is 5.32 Å². The molecule has 0 bridgehead atoms. The van der Waals surface area contributed by atoms with Gasteiger partial charge in [-0.1, -0.05) is 12.1 Å². The standard InChI is InChI=1S/C15H19N2O3/c1-15(2,3)20-14(19)10-17-9-8-13(18)16-11-6-4-5-7-12(11)17/h4-7H,8-10H2,1-3H3. The van der Waals surface area contributed by atoms with Crippen LogP contribution in [-0.4, -0.2) is 30.6 Å². The molecule has 0 unspecified atom stereocenters. The number of para-hydroxylation sites is 2. The summed E-state index contributed by atoms with van der Waals surface area (Å²) in [6.07, 6.45) is 0.303. The summed E-state index contributed by atoms with van der Waals surface area (Å²) in [6.45, 7) is 6.09. The first-order valence-electron chi connectivity index (χ1n) is 6.65. The van der Waals surface area contributed by atoms with Gasteiger partial charge in [0.2, 0.25) is 5.91 Å². The maximum Gasteiger partial charge on any atom is 0.326 e. The number of amides is 1. The Balaban J connectivity index is 2.16. The van der Waals surface area contributed by atoms with Crippen LogP contribution in [0.5, 0.6) is 0 Å². The smallest absolute Gasteiger partial charge is 0.326 e. The molecule has 5 nitrogen and oxygen atoms in total. The number of anilines is 1. The van der Waals surface area contributed by atoms with E-state index >= 15 is 0 Å². The lowest BCUT2D eigenvalue weighted by Crippen LogP contribution is -2.35. The summed E-state index contributed by atoms with van der Waals surface area (Å²) >= 11 is 0. The van der Waals surface area contributed by atoms with E-state index in [9.17, 15) is 9.59 Å². The highest BCUT2D eigenvalue weighted by Crippen LogP contribution is 2.28. The maximum absolute atomic E-state index is 12.0. The van der Waals surface area contributed by atoms with Gasteiger partial charge in [-0.15, -0.1) is 0 Å². The second kappa shape index (κ2) is 5.53. The van der Waals surface area contributed by atoms with Crippen LogP contribution in [0.2, 0.25) is 0 Å². The highest BCUT2D eigenvalue weighted by atomic mass is 16.6. The average molecular weight is 275 g/mol. The molecule has 1 aliphatic rings. The van der Waals surface area contributed by atoms with Crippen LogP contribution in [0.25, 0.3) is 0 Å². The summed E-state index contributed by atoms with van der Waals surface area (Å²) in [5.74, 6) is -0.467. The average Bonchev–Trinajstić information content (AvgIpc) is 2.47. The van der Waals surface area contributed by atoms with Crippen molar-refractivity contribution < 1.29 is 14.3 Å². The van der Waals surface area contributed by atoms with Crippen molar-refractivity contribution in [1.29, 1.82) is 0 Å². The quantitative estimate of drug-likeness (QED) is 0.775. The van der Waals surface area contributed by atoms with Crippen LogP contribution in [0.15, 0.2) is 24.3 Å². The molecule has 2 rings (SSSR count). The number of carbonyl (C=O) groups excluding carboxylic acids is 2. The topological polar surface area (TPSA) is 60.7 Å². The molecule has 1 aliphatic heterocycles. The van der Waals surface area contributed by atoms with Gasteiger partial charge in [-0.05, 0) is 32.9 Å². The zero-order valence-electron chi connectivity index (χ0n) is 12.0. The van der Waals surface area contributed by atoms with Crippen molar-refractivity contribution in [3.63, 3.8) is 0 Å². The first-order valence-corrected chi connectivity index (χ1v) is 6.65. The minimum Gasteiger partial charge on any atom is -0.459 e. The van der Waals surface area contributed by atoms with Gasteiger partial charge in [0.1, 0.15) is 12.1 Å². The zero-order chi connectivity index (χ0) is 14.8. The summed E-state index contributed by atoms with van der Waals surface area (Å²) in [7, 11) is 0. The fourth-order valence-electron chi connectivity index (χ4n) is 2.06. The van der Waals surface area contributed by atoms with Gasteiger partial charge < -0.3 is 9.64 Å². The third-order valence-corrected chi connectivity index (χ3v) is 2.80. The maximum atomic E-state index is 12.0. The second-order valence-electron chi connectivity index (χ2n) is 5.75. The minimum absolute atomic E-state index is 0.122. The van der Waals surface area contributed by atoms with Gasteiger partial charge in [0.25, 0.3) is 0 Å². The van der Waals surface area contributed by atoms with Crippen LogP contribution < -0.4 is 10.2 Å². The van der Waals surface area contributed by atoms with Crippen molar-refractivity contribution >= 4 is 23.3 Å². The Labute approximate surface area is 118 Å². The van der Waals surface area contributed by atoms with E-state index in [0.29, 0.717) is 18.7 Å². The molecule has 0 fully saturated rings. The summed E-state index contributed by atoms with van der Waals surface area (Å²) in [5, 5.41) is 4.04. The van der Waals surface area contributed by atoms with Gasteiger partial charge in [-0.3, -0.25) is 9.59 Å². The zero-order valence-corrected chi connectivity index (χ0v) is 12.0. The minimum atomic E-state index is -0.511. The van der Waals surface area contributed by atoms with Crippen molar-refractivity contribution in [2.24, 2.45) is 0 Å². The van der Waals surface area contributed by atoms with Crippen LogP contribution in [0.1, 0.15) is 27.2 Å². The number of nitrogens with zero attached hydrogens (tertiary/aromatic N) is 2. The van der Waals surface area contributed by atoms with Crippen LogP contribution in [-0.2, 0) is 14.3 Å². The summed E-state index contributed by atoms with van der Waals surface area (Å²) in [6, 6.07) is 7.33. The molecular formula is C15H19N2O3. The van der Waals surface area contributed by atoms with Crippen LogP contribution >= 0.6 is 0 Å². The number of carbonyl (C=O) groups is 2. The van der Waals surface area contributed by atoms with Crippen molar-refractivity contribution in [2.45, 2.75) is 32.8 Å². The monoisotopic (exact) mass is 275 g/mol. The van der Waals surface area contributed by atoms with Gasteiger partial charge in [-0.25, -0.2) is 5.32 Å². The number of benzene rings is 1. The Bertz CT molecular complexity index is 520. The number of ether oxygens (including phenoxy) is 1. The number of esters is 1. The van der Waals surface area contributed by atoms with Gasteiger partial charge >= 0.3 is 5.97 Å². The van der Waals surface area contributed by atoms with E-state index < -0.39 is 5.60 Å². The third-order valence-electron chi connectivity index (χ3n) is 2.80. The Kier molecular flexibility index (Phi) is 3.97. The van der Waals surface area contributed by atoms with Crippen LogP contribution in [0.4, 0.5) is 11.4 Å². The summed E-state index contributed by atoms with van der Waals surface area (Å²) in [4.78, 5) is 25.4. The molecule has 1 heterocycles. The van der Waals surface area contributed by atoms with E-state index in [-0.39, 0.29) is 18.4 Å². The van der Waals surface area contributed by atoms with Gasteiger partial charge in [0, 0.05) is 13.0 Å².